The maximum Gasteiger partial charge on any atom is 0.223 e. The van der Waals surface area contributed by atoms with E-state index in [1.807, 2.05) is 19.1 Å². The Labute approximate surface area is 133 Å². The summed E-state index contributed by atoms with van der Waals surface area (Å²) in [6, 6.07) is 6.14. The van der Waals surface area contributed by atoms with Gasteiger partial charge in [0.1, 0.15) is 0 Å². The van der Waals surface area contributed by atoms with E-state index in [4.69, 9.17) is 0 Å². The fraction of sp³-hybridized carbons (Fsp3) is 0.529. The van der Waals surface area contributed by atoms with Gasteiger partial charge < -0.3 is 15.1 Å². The Balaban J connectivity index is 2.96. The summed E-state index contributed by atoms with van der Waals surface area (Å²) in [6.45, 7) is 12.1. The van der Waals surface area contributed by atoms with E-state index in [1.54, 1.807) is 11.8 Å². The first kappa shape index (κ1) is 18.0. The molecule has 0 aliphatic rings. The molecule has 122 valence electrons. The Morgan fingerprint density at radius 2 is 1.77 bits per heavy atom. The van der Waals surface area contributed by atoms with Crippen LogP contribution >= 0.6 is 0 Å². The van der Waals surface area contributed by atoms with E-state index in [1.165, 1.54) is 6.92 Å². The molecular formula is C17H27N3O2. The first-order chi connectivity index (χ1) is 10.4. The Hall–Kier alpha value is -2.04. The van der Waals surface area contributed by atoms with Gasteiger partial charge >= 0.3 is 0 Å². The zero-order valence-corrected chi connectivity index (χ0v) is 14.3. The number of rotatable bonds is 7. The van der Waals surface area contributed by atoms with Crippen LogP contribution in [0, 0.1) is 6.92 Å². The molecule has 1 N–H and O–H groups in total. The molecule has 0 fully saturated rings. The summed E-state index contributed by atoms with van der Waals surface area (Å²) >= 11 is 0. The number of carbonyl (C=O) groups is 2. The second kappa shape index (κ2) is 8.41. The van der Waals surface area contributed by atoms with Crippen molar-refractivity contribution in [2.24, 2.45) is 0 Å². The van der Waals surface area contributed by atoms with Crippen molar-refractivity contribution >= 4 is 23.2 Å². The van der Waals surface area contributed by atoms with Gasteiger partial charge in [0.15, 0.2) is 0 Å². The van der Waals surface area contributed by atoms with E-state index in [2.05, 4.69) is 30.1 Å². The van der Waals surface area contributed by atoms with Crippen LogP contribution in [-0.4, -0.2) is 38.0 Å². The summed E-state index contributed by atoms with van der Waals surface area (Å²) in [6.07, 6.45) is 0. The number of nitrogens with zero attached hydrogens (tertiary/aromatic N) is 2. The molecule has 0 unspecified atom stereocenters. The number of anilines is 2. The lowest BCUT2D eigenvalue weighted by Gasteiger charge is -2.26. The van der Waals surface area contributed by atoms with Gasteiger partial charge in [-0.25, -0.2) is 0 Å². The van der Waals surface area contributed by atoms with Crippen molar-refractivity contribution in [1.29, 1.82) is 0 Å². The van der Waals surface area contributed by atoms with Crippen molar-refractivity contribution in [2.75, 3.05) is 36.0 Å². The van der Waals surface area contributed by atoms with E-state index in [-0.39, 0.29) is 11.8 Å². The highest BCUT2D eigenvalue weighted by atomic mass is 16.2. The molecule has 0 atom stereocenters. The van der Waals surface area contributed by atoms with Gasteiger partial charge in [-0.2, -0.15) is 0 Å². The van der Waals surface area contributed by atoms with Crippen LogP contribution in [0.1, 0.15) is 33.3 Å². The first-order valence-corrected chi connectivity index (χ1v) is 7.78. The third kappa shape index (κ3) is 4.76. The number of hydrogen-bond donors (Lipinski definition) is 1. The van der Waals surface area contributed by atoms with Crippen molar-refractivity contribution in [3.05, 3.63) is 23.8 Å². The molecule has 0 aromatic heterocycles. The molecule has 1 aromatic rings. The normalized spacial score (nSPS) is 10.2. The Morgan fingerprint density at radius 3 is 2.23 bits per heavy atom. The van der Waals surface area contributed by atoms with Crippen molar-refractivity contribution in [2.45, 2.75) is 34.6 Å². The van der Waals surface area contributed by atoms with Crippen LogP contribution in [0.4, 0.5) is 11.4 Å². The molecule has 2 amide bonds. The highest BCUT2D eigenvalue weighted by Crippen LogP contribution is 2.25. The predicted octanol–water partition coefficient (Wildman–Crippen LogP) is 2.33. The fourth-order valence-electron chi connectivity index (χ4n) is 2.52. The van der Waals surface area contributed by atoms with Crippen molar-refractivity contribution in [1.82, 2.24) is 5.32 Å². The molecule has 0 saturated carbocycles. The van der Waals surface area contributed by atoms with Crippen LogP contribution in [-0.2, 0) is 9.59 Å². The second-order valence-electron chi connectivity index (χ2n) is 5.30. The summed E-state index contributed by atoms with van der Waals surface area (Å²) in [4.78, 5) is 26.8. The SMILES string of the molecule is CCN(CC)c1ccc(N(CCNC(C)=O)C(C)=O)c(C)c1. The molecular weight excluding hydrogens is 278 g/mol. The minimum atomic E-state index is -0.0860. The van der Waals surface area contributed by atoms with Gasteiger partial charge in [0.2, 0.25) is 11.8 Å². The molecule has 0 saturated heterocycles. The summed E-state index contributed by atoms with van der Waals surface area (Å²) in [5, 5.41) is 2.73. The summed E-state index contributed by atoms with van der Waals surface area (Å²) in [7, 11) is 0. The van der Waals surface area contributed by atoms with Gasteiger partial charge in [0.25, 0.3) is 0 Å². The zero-order chi connectivity index (χ0) is 16.7. The maximum absolute atomic E-state index is 11.9. The minimum Gasteiger partial charge on any atom is -0.372 e. The highest BCUT2D eigenvalue weighted by molar-refractivity contribution is 5.92. The molecule has 0 radical (unpaired) electrons. The second-order valence-corrected chi connectivity index (χ2v) is 5.30. The third-order valence-electron chi connectivity index (χ3n) is 3.69. The summed E-state index contributed by atoms with van der Waals surface area (Å²) in [5.74, 6) is -0.110. The molecule has 0 bridgehead atoms. The molecule has 0 aliphatic carbocycles. The number of carbonyl (C=O) groups excluding carboxylic acids is 2. The molecule has 22 heavy (non-hydrogen) atoms. The van der Waals surface area contributed by atoms with E-state index in [0.29, 0.717) is 13.1 Å². The number of amides is 2. The van der Waals surface area contributed by atoms with Gasteiger partial charge in [0, 0.05) is 51.4 Å². The summed E-state index contributed by atoms with van der Waals surface area (Å²) < 4.78 is 0. The van der Waals surface area contributed by atoms with E-state index >= 15 is 0 Å². The molecule has 0 spiro atoms. The molecule has 1 aromatic carbocycles. The van der Waals surface area contributed by atoms with Crippen LogP contribution in [0.3, 0.4) is 0 Å². The van der Waals surface area contributed by atoms with Gasteiger partial charge in [-0.15, -0.1) is 0 Å². The van der Waals surface area contributed by atoms with Gasteiger partial charge in [-0.05, 0) is 44.5 Å². The highest BCUT2D eigenvalue weighted by Gasteiger charge is 2.14. The van der Waals surface area contributed by atoms with Crippen LogP contribution in [0.15, 0.2) is 18.2 Å². The molecule has 5 nitrogen and oxygen atoms in total. The Bertz CT molecular complexity index is 525. The van der Waals surface area contributed by atoms with Gasteiger partial charge in [-0.3, -0.25) is 9.59 Å². The van der Waals surface area contributed by atoms with Crippen LogP contribution < -0.4 is 15.1 Å². The monoisotopic (exact) mass is 305 g/mol. The lowest BCUT2D eigenvalue weighted by Crippen LogP contribution is -2.37. The topological polar surface area (TPSA) is 52.6 Å². The van der Waals surface area contributed by atoms with Crippen molar-refractivity contribution in [3.8, 4) is 0 Å². The van der Waals surface area contributed by atoms with E-state index in [9.17, 15) is 9.59 Å². The van der Waals surface area contributed by atoms with Crippen LogP contribution in [0.5, 0.6) is 0 Å². The largest absolute Gasteiger partial charge is 0.372 e. The molecule has 1 rings (SSSR count). The first-order valence-electron chi connectivity index (χ1n) is 7.78. The van der Waals surface area contributed by atoms with Crippen LogP contribution in [0.2, 0.25) is 0 Å². The maximum atomic E-state index is 11.9. The molecule has 0 aliphatic heterocycles. The zero-order valence-electron chi connectivity index (χ0n) is 14.3. The lowest BCUT2D eigenvalue weighted by molar-refractivity contribution is -0.119. The Morgan fingerprint density at radius 1 is 1.14 bits per heavy atom. The van der Waals surface area contributed by atoms with Gasteiger partial charge in [-0.1, -0.05) is 0 Å². The van der Waals surface area contributed by atoms with E-state index in [0.717, 1.165) is 30.0 Å². The number of aryl methyl sites for hydroxylation is 1. The van der Waals surface area contributed by atoms with Gasteiger partial charge in [0.05, 0.1) is 0 Å². The van der Waals surface area contributed by atoms with E-state index < -0.39 is 0 Å². The Kier molecular flexibility index (Phi) is 6.89. The predicted molar refractivity (Wildman–Crippen MR) is 91.5 cm³/mol. The quantitative estimate of drug-likeness (QED) is 0.841. The number of hydrogen-bond acceptors (Lipinski definition) is 3. The van der Waals surface area contributed by atoms with Crippen molar-refractivity contribution in [3.63, 3.8) is 0 Å². The average molecular weight is 305 g/mol. The average Bonchev–Trinajstić information content (AvgIpc) is 2.45. The fourth-order valence-corrected chi connectivity index (χ4v) is 2.52. The number of benzene rings is 1. The smallest absolute Gasteiger partial charge is 0.223 e. The molecule has 5 heteroatoms. The van der Waals surface area contributed by atoms with Crippen LogP contribution in [0.25, 0.3) is 0 Å². The lowest BCUT2D eigenvalue weighted by atomic mass is 10.1. The van der Waals surface area contributed by atoms with Crippen molar-refractivity contribution < 1.29 is 9.59 Å². The standard InChI is InChI=1S/C17H27N3O2/c1-6-19(7-2)16-8-9-17(13(3)12-16)20(15(5)22)11-10-18-14(4)21/h8-9,12H,6-7,10-11H2,1-5H3,(H,18,21). The molecule has 0 heterocycles. The third-order valence-corrected chi connectivity index (χ3v) is 3.69. The number of nitrogens with one attached hydrogen (secondary N) is 1. The summed E-state index contributed by atoms with van der Waals surface area (Å²) in [5.41, 5.74) is 3.12. The minimum absolute atomic E-state index is 0.0240.